The number of benzene rings is 1. The zero-order valence-corrected chi connectivity index (χ0v) is 7.81. The number of nitriles is 1. The van der Waals surface area contributed by atoms with Crippen molar-refractivity contribution in [2.45, 2.75) is 6.92 Å². The first kappa shape index (κ1) is 8.52. The summed E-state index contributed by atoms with van der Waals surface area (Å²) in [5.41, 5.74) is 2.63. The summed E-state index contributed by atoms with van der Waals surface area (Å²) in [6.07, 6.45) is 5.21. The first-order chi connectivity index (χ1) is 6.81. The lowest BCUT2D eigenvalue weighted by atomic mass is 10.1. The molecule has 2 aromatic rings. The van der Waals surface area contributed by atoms with Crippen molar-refractivity contribution in [1.82, 2.24) is 9.55 Å². The number of rotatable bonds is 1. The van der Waals surface area contributed by atoms with Crippen molar-refractivity contribution in [2.75, 3.05) is 0 Å². The van der Waals surface area contributed by atoms with Gasteiger partial charge in [-0.05, 0) is 24.6 Å². The van der Waals surface area contributed by atoms with Crippen LogP contribution in [0.4, 0.5) is 0 Å². The lowest BCUT2D eigenvalue weighted by Gasteiger charge is -2.04. The van der Waals surface area contributed by atoms with Gasteiger partial charge in [-0.25, -0.2) is 4.98 Å². The van der Waals surface area contributed by atoms with E-state index in [4.69, 9.17) is 5.26 Å². The number of imidazole rings is 1. The summed E-state index contributed by atoms with van der Waals surface area (Å²) < 4.78 is 1.83. The van der Waals surface area contributed by atoms with Gasteiger partial charge in [-0.3, -0.25) is 0 Å². The minimum Gasteiger partial charge on any atom is -0.305 e. The van der Waals surface area contributed by atoms with Crippen LogP contribution >= 0.6 is 0 Å². The van der Waals surface area contributed by atoms with Crippen LogP contribution in [0, 0.1) is 18.3 Å². The van der Waals surface area contributed by atoms with Crippen molar-refractivity contribution in [3.63, 3.8) is 0 Å². The van der Waals surface area contributed by atoms with E-state index in [-0.39, 0.29) is 0 Å². The number of hydrogen-bond donors (Lipinski definition) is 0. The maximum Gasteiger partial charge on any atom is 0.101 e. The molecule has 0 fully saturated rings. The SMILES string of the molecule is Cc1ccc(-n2ccnc2)c(C#N)c1. The average molecular weight is 183 g/mol. The van der Waals surface area contributed by atoms with Crippen LogP contribution in [-0.2, 0) is 0 Å². The van der Waals surface area contributed by atoms with Gasteiger partial charge in [0, 0.05) is 12.4 Å². The van der Waals surface area contributed by atoms with Crippen molar-refractivity contribution >= 4 is 0 Å². The summed E-state index contributed by atoms with van der Waals surface area (Å²) in [6, 6.07) is 7.95. The molecule has 2 rings (SSSR count). The van der Waals surface area contributed by atoms with E-state index in [1.807, 2.05) is 35.9 Å². The third-order valence-electron chi connectivity index (χ3n) is 2.06. The van der Waals surface area contributed by atoms with Crippen molar-refractivity contribution in [2.24, 2.45) is 0 Å². The quantitative estimate of drug-likeness (QED) is 0.679. The fourth-order valence-electron chi connectivity index (χ4n) is 1.37. The second kappa shape index (κ2) is 3.35. The van der Waals surface area contributed by atoms with Gasteiger partial charge in [0.1, 0.15) is 6.07 Å². The lowest BCUT2D eigenvalue weighted by molar-refractivity contribution is 1.05. The lowest BCUT2D eigenvalue weighted by Crippen LogP contribution is -1.94. The summed E-state index contributed by atoms with van der Waals surface area (Å²) in [7, 11) is 0. The summed E-state index contributed by atoms with van der Waals surface area (Å²) in [6.45, 7) is 1.97. The van der Waals surface area contributed by atoms with Gasteiger partial charge in [0.25, 0.3) is 0 Å². The molecule has 68 valence electrons. The van der Waals surface area contributed by atoms with Crippen LogP contribution in [0.25, 0.3) is 5.69 Å². The Morgan fingerprint density at radius 1 is 1.43 bits per heavy atom. The summed E-state index contributed by atoms with van der Waals surface area (Å²) in [5.74, 6) is 0. The van der Waals surface area contributed by atoms with Crippen molar-refractivity contribution < 1.29 is 0 Å². The molecule has 0 saturated heterocycles. The Kier molecular flexibility index (Phi) is 2.04. The minimum absolute atomic E-state index is 0.669. The van der Waals surface area contributed by atoms with Crippen LogP contribution in [0.1, 0.15) is 11.1 Å². The summed E-state index contributed by atoms with van der Waals surface area (Å²) in [5, 5.41) is 8.96. The predicted octanol–water partition coefficient (Wildman–Crippen LogP) is 2.05. The van der Waals surface area contributed by atoms with Crippen LogP contribution in [0.5, 0.6) is 0 Å². The molecule has 3 nitrogen and oxygen atoms in total. The number of aromatic nitrogens is 2. The van der Waals surface area contributed by atoms with Crippen LogP contribution in [0.3, 0.4) is 0 Å². The Morgan fingerprint density at radius 2 is 2.29 bits per heavy atom. The van der Waals surface area contributed by atoms with Crippen LogP contribution in [0.2, 0.25) is 0 Å². The molecule has 1 aromatic carbocycles. The number of nitrogens with zero attached hydrogens (tertiary/aromatic N) is 3. The van der Waals surface area contributed by atoms with Gasteiger partial charge < -0.3 is 4.57 Å². The van der Waals surface area contributed by atoms with Crippen LogP contribution in [-0.4, -0.2) is 9.55 Å². The highest BCUT2D eigenvalue weighted by Crippen LogP contribution is 2.14. The van der Waals surface area contributed by atoms with Gasteiger partial charge in [-0.1, -0.05) is 6.07 Å². The fraction of sp³-hybridized carbons (Fsp3) is 0.0909. The fourth-order valence-corrected chi connectivity index (χ4v) is 1.37. The Labute approximate surface area is 82.2 Å². The maximum atomic E-state index is 8.96. The Hall–Kier alpha value is -2.08. The van der Waals surface area contributed by atoms with E-state index in [1.54, 1.807) is 12.5 Å². The molecule has 0 amide bonds. The molecule has 0 saturated carbocycles. The normalized spacial score (nSPS) is 9.71. The molecular weight excluding hydrogens is 174 g/mol. The molecule has 3 heteroatoms. The van der Waals surface area contributed by atoms with Gasteiger partial charge in [0.15, 0.2) is 0 Å². The zero-order valence-electron chi connectivity index (χ0n) is 7.81. The molecule has 0 radical (unpaired) electrons. The third kappa shape index (κ3) is 1.38. The second-order valence-corrected chi connectivity index (χ2v) is 3.10. The van der Waals surface area contributed by atoms with E-state index < -0.39 is 0 Å². The van der Waals surface area contributed by atoms with E-state index >= 15 is 0 Å². The third-order valence-corrected chi connectivity index (χ3v) is 2.06. The first-order valence-electron chi connectivity index (χ1n) is 4.30. The van der Waals surface area contributed by atoms with Crippen molar-refractivity contribution in [3.8, 4) is 11.8 Å². The van der Waals surface area contributed by atoms with Gasteiger partial charge in [-0.2, -0.15) is 5.26 Å². The standard InChI is InChI=1S/C11H9N3/c1-9-2-3-11(10(6-9)7-12)14-5-4-13-8-14/h2-6,8H,1H3. The summed E-state index contributed by atoms with van der Waals surface area (Å²) in [4.78, 5) is 3.95. The molecule has 0 unspecified atom stereocenters. The van der Waals surface area contributed by atoms with Crippen LogP contribution in [0.15, 0.2) is 36.9 Å². The molecule has 1 heterocycles. The highest BCUT2D eigenvalue weighted by Gasteiger charge is 2.02. The van der Waals surface area contributed by atoms with Gasteiger partial charge >= 0.3 is 0 Å². The van der Waals surface area contributed by atoms with Crippen molar-refractivity contribution in [1.29, 1.82) is 5.26 Å². The minimum atomic E-state index is 0.669. The topological polar surface area (TPSA) is 41.6 Å². The molecule has 0 N–H and O–H groups in total. The molecule has 0 aliphatic carbocycles. The molecule has 0 atom stereocenters. The van der Waals surface area contributed by atoms with E-state index in [2.05, 4.69) is 11.1 Å². The van der Waals surface area contributed by atoms with E-state index in [0.29, 0.717) is 5.56 Å². The maximum absolute atomic E-state index is 8.96. The molecule has 0 aliphatic heterocycles. The molecule has 0 spiro atoms. The second-order valence-electron chi connectivity index (χ2n) is 3.10. The molecule has 0 aliphatic rings. The number of aryl methyl sites for hydroxylation is 1. The Bertz CT molecular complexity index is 478. The van der Waals surface area contributed by atoms with Gasteiger partial charge in [-0.15, -0.1) is 0 Å². The van der Waals surface area contributed by atoms with E-state index in [1.165, 1.54) is 0 Å². The van der Waals surface area contributed by atoms with Gasteiger partial charge in [0.05, 0.1) is 17.6 Å². The predicted molar refractivity (Wildman–Crippen MR) is 53.0 cm³/mol. The number of hydrogen-bond acceptors (Lipinski definition) is 2. The van der Waals surface area contributed by atoms with E-state index in [9.17, 15) is 0 Å². The van der Waals surface area contributed by atoms with Gasteiger partial charge in [0.2, 0.25) is 0 Å². The summed E-state index contributed by atoms with van der Waals surface area (Å²) >= 11 is 0. The molecule has 14 heavy (non-hydrogen) atoms. The Balaban J connectivity index is 2.60. The molecule has 1 aromatic heterocycles. The Morgan fingerprint density at radius 3 is 2.93 bits per heavy atom. The zero-order chi connectivity index (χ0) is 9.97. The van der Waals surface area contributed by atoms with Crippen LogP contribution < -0.4 is 0 Å². The highest BCUT2D eigenvalue weighted by molar-refractivity contribution is 5.50. The highest BCUT2D eigenvalue weighted by atomic mass is 15.0. The monoisotopic (exact) mass is 183 g/mol. The molecular formula is C11H9N3. The van der Waals surface area contributed by atoms with Crippen molar-refractivity contribution in [3.05, 3.63) is 48.0 Å². The largest absolute Gasteiger partial charge is 0.305 e. The van der Waals surface area contributed by atoms with E-state index in [0.717, 1.165) is 11.3 Å². The first-order valence-corrected chi connectivity index (χ1v) is 4.30. The smallest absolute Gasteiger partial charge is 0.101 e. The average Bonchev–Trinajstić information content (AvgIpc) is 2.70. The molecule has 0 bridgehead atoms.